The van der Waals surface area contributed by atoms with Crippen molar-refractivity contribution in [1.29, 1.82) is 0 Å². The first-order valence-corrected chi connectivity index (χ1v) is 7.40. The van der Waals surface area contributed by atoms with Crippen molar-refractivity contribution in [3.63, 3.8) is 0 Å². The molecular weight excluding hydrogens is 270 g/mol. The minimum atomic E-state index is 0.597. The Kier molecular flexibility index (Phi) is 12.0. The molecule has 0 spiro atoms. The van der Waals surface area contributed by atoms with Gasteiger partial charge in [-0.05, 0) is 5.56 Å². The first-order valence-electron chi connectivity index (χ1n) is 7.40. The molecule has 0 fully saturated rings. The summed E-state index contributed by atoms with van der Waals surface area (Å²) in [4.78, 5) is 0. The molecule has 0 heterocycles. The van der Waals surface area contributed by atoms with E-state index in [1.807, 2.05) is 18.2 Å². The van der Waals surface area contributed by atoms with Gasteiger partial charge in [0.15, 0.2) is 0 Å². The fourth-order valence-corrected chi connectivity index (χ4v) is 1.66. The van der Waals surface area contributed by atoms with Crippen LogP contribution in [0.1, 0.15) is 5.56 Å². The van der Waals surface area contributed by atoms with E-state index in [1.165, 1.54) is 5.56 Å². The molecule has 21 heavy (non-hydrogen) atoms. The van der Waals surface area contributed by atoms with E-state index in [2.05, 4.69) is 17.4 Å². The van der Waals surface area contributed by atoms with Gasteiger partial charge >= 0.3 is 0 Å². The molecule has 0 aromatic heterocycles. The van der Waals surface area contributed by atoms with Gasteiger partial charge in [-0.25, -0.2) is 0 Å². The minimum Gasteiger partial charge on any atom is -0.382 e. The zero-order valence-corrected chi connectivity index (χ0v) is 12.9. The van der Waals surface area contributed by atoms with Crippen molar-refractivity contribution in [3.05, 3.63) is 35.9 Å². The van der Waals surface area contributed by atoms with E-state index < -0.39 is 0 Å². The summed E-state index contributed by atoms with van der Waals surface area (Å²) in [7, 11) is 1.66. The molecule has 1 aromatic carbocycles. The third kappa shape index (κ3) is 11.4. The van der Waals surface area contributed by atoms with Crippen molar-refractivity contribution in [3.8, 4) is 0 Å². The average Bonchev–Trinajstić information content (AvgIpc) is 2.53. The number of benzene rings is 1. The van der Waals surface area contributed by atoms with E-state index in [4.69, 9.17) is 18.9 Å². The summed E-state index contributed by atoms with van der Waals surface area (Å²) in [6, 6.07) is 10.3. The molecule has 0 atom stereocenters. The van der Waals surface area contributed by atoms with Gasteiger partial charge in [-0.3, -0.25) is 0 Å². The topological polar surface area (TPSA) is 49.0 Å². The lowest BCUT2D eigenvalue weighted by Gasteiger charge is -2.07. The van der Waals surface area contributed by atoms with Crippen LogP contribution in [0.25, 0.3) is 0 Å². The number of ether oxygens (including phenoxy) is 4. The fourth-order valence-electron chi connectivity index (χ4n) is 1.66. The molecule has 1 aromatic rings. The highest BCUT2D eigenvalue weighted by molar-refractivity contribution is 5.14. The molecule has 0 saturated carbocycles. The molecule has 0 bridgehead atoms. The minimum absolute atomic E-state index is 0.597. The first kappa shape index (κ1) is 18.1. The summed E-state index contributed by atoms with van der Waals surface area (Å²) in [5.74, 6) is 0. The smallest absolute Gasteiger partial charge is 0.0701 e. The second kappa shape index (κ2) is 14.0. The quantitative estimate of drug-likeness (QED) is 0.527. The maximum atomic E-state index is 5.47. The van der Waals surface area contributed by atoms with E-state index >= 15 is 0 Å². The van der Waals surface area contributed by atoms with Gasteiger partial charge in [-0.1, -0.05) is 30.3 Å². The summed E-state index contributed by atoms with van der Waals surface area (Å²) in [6.07, 6.45) is 0. The molecule has 0 radical (unpaired) electrons. The van der Waals surface area contributed by atoms with Gasteiger partial charge in [0.2, 0.25) is 0 Å². The van der Waals surface area contributed by atoms with E-state index in [0.29, 0.717) is 46.2 Å². The lowest BCUT2D eigenvalue weighted by atomic mass is 10.2. The molecule has 1 N–H and O–H groups in total. The number of methoxy groups -OCH3 is 1. The zero-order chi connectivity index (χ0) is 15.0. The second-order valence-electron chi connectivity index (χ2n) is 4.49. The lowest BCUT2D eigenvalue weighted by molar-refractivity contribution is 0.00408. The molecule has 0 saturated heterocycles. The predicted octanol–water partition coefficient (Wildman–Crippen LogP) is 1.47. The molecule has 0 unspecified atom stereocenters. The molecule has 120 valence electrons. The highest BCUT2D eigenvalue weighted by Crippen LogP contribution is 1.96. The monoisotopic (exact) mass is 297 g/mol. The summed E-state index contributed by atoms with van der Waals surface area (Å²) in [5.41, 5.74) is 1.29. The summed E-state index contributed by atoms with van der Waals surface area (Å²) in [6.45, 7) is 6.07. The maximum Gasteiger partial charge on any atom is 0.0701 e. The molecule has 0 aliphatic rings. The van der Waals surface area contributed by atoms with E-state index in [-0.39, 0.29) is 0 Å². The molecule has 0 aliphatic heterocycles. The van der Waals surface area contributed by atoms with Crippen molar-refractivity contribution in [2.75, 3.05) is 59.9 Å². The fraction of sp³-hybridized carbons (Fsp3) is 0.625. The van der Waals surface area contributed by atoms with E-state index in [1.54, 1.807) is 7.11 Å². The first-order chi connectivity index (χ1) is 10.4. The molecule has 5 nitrogen and oxygen atoms in total. The molecule has 0 amide bonds. The molecule has 1 rings (SSSR count). The van der Waals surface area contributed by atoms with Crippen molar-refractivity contribution >= 4 is 0 Å². The van der Waals surface area contributed by atoms with Crippen molar-refractivity contribution in [2.45, 2.75) is 6.54 Å². The van der Waals surface area contributed by atoms with Crippen LogP contribution in [0.3, 0.4) is 0 Å². The Morgan fingerprint density at radius 3 is 1.95 bits per heavy atom. The Hall–Kier alpha value is -0.980. The van der Waals surface area contributed by atoms with Crippen LogP contribution in [0, 0.1) is 0 Å². The summed E-state index contributed by atoms with van der Waals surface area (Å²) >= 11 is 0. The van der Waals surface area contributed by atoms with E-state index in [9.17, 15) is 0 Å². The normalized spacial score (nSPS) is 10.9. The molecule has 5 heteroatoms. The number of hydrogen-bond donors (Lipinski definition) is 1. The van der Waals surface area contributed by atoms with Crippen LogP contribution in [0.5, 0.6) is 0 Å². The van der Waals surface area contributed by atoms with Crippen LogP contribution in [-0.2, 0) is 25.5 Å². The van der Waals surface area contributed by atoms with Gasteiger partial charge in [0, 0.05) is 20.2 Å². The standard InChI is InChI=1S/C16H27NO4/c1-18-9-10-20-13-14-21-12-11-19-8-7-17-15-16-5-3-2-4-6-16/h2-6,17H,7-15H2,1H3. The molecular formula is C16H27NO4. The van der Waals surface area contributed by atoms with Crippen LogP contribution in [0.4, 0.5) is 0 Å². The van der Waals surface area contributed by atoms with Crippen molar-refractivity contribution in [1.82, 2.24) is 5.32 Å². The van der Waals surface area contributed by atoms with Crippen molar-refractivity contribution in [2.24, 2.45) is 0 Å². The Labute approximate surface area is 127 Å². The van der Waals surface area contributed by atoms with Crippen LogP contribution < -0.4 is 5.32 Å². The third-order valence-corrected chi connectivity index (χ3v) is 2.77. The van der Waals surface area contributed by atoms with Crippen LogP contribution in [0.2, 0.25) is 0 Å². The Bertz CT molecular complexity index is 321. The number of nitrogens with one attached hydrogen (secondary N) is 1. The molecule has 0 aliphatic carbocycles. The Morgan fingerprint density at radius 2 is 1.33 bits per heavy atom. The summed E-state index contributed by atoms with van der Waals surface area (Å²) < 4.78 is 21.0. The number of rotatable bonds is 14. The van der Waals surface area contributed by atoms with Gasteiger partial charge in [0.1, 0.15) is 0 Å². The predicted molar refractivity (Wildman–Crippen MR) is 82.5 cm³/mol. The lowest BCUT2D eigenvalue weighted by Crippen LogP contribution is -2.20. The van der Waals surface area contributed by atoms with Crippen molar-refractivity contribution < 1.29 is 18.9 Å². The summed E-state index contributed by atoms with van der Waals surface area (Å²) in [5, 5.41) is 3.33. The average molecular weight is 297 g/mol. The highest BCUT2D eigenvalue weighted by atomic mass is 16.6. The van der Waals surface area contributed by atoms with Gasteiger partial charge < -0.3 is 24.3 Å². The Morgan fingerprint density at radius 1 is 0.762 bits per heavy atom. The van der Waals surface area contributed by atoms with Crippen LogP contribution in [0.15, 0.2) is 30.3 Å². The zero-order valence-electron chi connectivity index (χ0n) is 12.9. The SMILES string of the molecule is COCCOCCOCCOCCNCc1ccccc1. The van der Waals surface area contributed by atoms with Gasteiger partial charge in [0.25, 0.3) is 0 Å². The van der Waals surface area contributed by atoms with Gasteiger partial charge in [-0.2, -0.15) is 0 Å². The Balaban J connectivity index is 1.75. The third-order valence-electron chi connectivity index (χ3n) is 2.77. The van der Waals surface area contributed by atoms with Crippen LogP contribution in [-0.4, -0.2) is 59.9 Å². The second-order valence-corrected chi connectivity index (χ2v) is 4.49. The van der Waals surface area contributed by atoms with Crippen LogP contribution >= 0.6 is 0 Å². The highest BCUT2D eigenvalue weighted by Gasteiger charge is 1.93. The largest absolute Gasteiger partial charge is 0.382 e. The van der Waals surface area contributed by atoms with E-state index in [0.717, 1.165) is 13.1 Å². The number of hydrogen-bond acceptors (Lipinski definition) is 5. The van der Waals surface area contributed by atoms with Gasteiger partial charge in [0.05, 0.1) is 46.2 Å². The maximum absolute atomic E-state index is 5.47. The van der Waals surface area contributed by atoms with Gasteiger partial charge in [-0.15, -0.1) is 0 Å².